The van der Waals surface area contributed by atoms with E-state index in [1.165, 1.54) is 20.2 Å². The molecule has 0 aromatic carbocycles. The van der Waals surface area contributed by atoms with Crippen LogP contribution in [0.2, 0.25) is 0 Å². The lowest BCUT2D eigenvalue weighted by atomic mass is 10.3. The first-order chi connectivity index (χ1) is 9.56. The lowest BCUT2D eigenvalue weighted by Crippen LogP contribution is -2.17. The molecule has 0 saturated carbocycles. The van der Waals surface area contributed by atoms with Crippen molar-refractivity contribution in [1.82, 2.24) is 9.71 Å². The third kappa shape index (κ3) is 3.09. The highest BCUT2D eigenvalue weighted by Crippen LogP contribution is 2.21. The highest BCUT2D eigenvalue weighted by Gasteiger charge is 2.16. The Morgan fingerprint density at radius 3 is 2.85 bits per heavy atom. The molecule has 8 heteroatoms. The number of aromatic nitrogens is 1. The fourth-order valence-corrected chi connectivity index (χ4v) is 2.23. The smallest absolute Gasteiger partial charge is 0.273 e. The molecule has 0 unspecified atom stereocenters. The second-order valence-electron chi connectivity index (χ2n) is 3.84. The van der Waals surface area contributed by atoms with Crippen LogP contribution in [-0.2, 0) is 16.6 Å². The minimum atomic E-state index is -3.55. The van der Waals surface area contributed by atoms with Crippen LogP contribution in [0.1, 0.15) is 5.76 Å². The Balaban J connectivity index is 2.09. The van der Waals surface area contributed by atoms with Crippen LogP contribution < -0.4 is 14.8 Å². The van der Waals surface area contributed by atoms with Gasteiger partial charge in [-0.3, -0.25) is 0 Å². The van der Waals surface area contributed by atoms with Crippen molar-refractivity contribution >= 4 is 15.7 Å². The van der Waals surface area contributed by atoms with Crippen molar-refractivity contribution in [2.24, 2.45) is 0 Å². The summed E-state index contributed by atoms with van der Waals surface area (Å²) in [6.07, 6.45) is 1.62. The molecule has 0 spiro atoms. The molecule has 0 amide bonds. The van der Waals surface area contributed by atoms with Crippen LogP contribution in [-0.4, -0.2) is 27.6 Å². The average Bonchev–Trinajstić information content (AvgIpc) is 2.95. The van der Waals surface area contributed by atoms with Gasteiger partial charge in [0, 0.05) is 6.20 Å². The van der Waals surface area contributed by atoms with E-state index in [0.29, 0.717) is 23.9 Å². The normalized spacial score (nSPS) is 11.3. The molecule has 0 fully saturated rings. The van der Waals surface area contributed by atoms with Gasteiger partial charge in [-0.05, 0) is 31.3 Å². The molecule has 2 aromatic rings. The maximum atomic E-state index is 11.5. The molecule has 2 aromatic heterocycles. The fraction of sp³-hybridized carbons (Fsp3) is 0.250. The molecule has 0 atom stereocenters. The fourth-order valence-electron chi connectivity index (χ4n) is 1.57. The number of ether oxygens (including phenoxy) is 1. The van der Waals surface area contributed by atoms with Gasteiger partial charge in [0.2, 0.25) is 11.0 Å². The predicted octanol–water partition coefficient (Wildman–Crippen LogP) is 1.20. The number of nitrogens with one attached hydrogen (secondary N) is 2. The number of hydrogen-bond donors (Lipinski definition) is 2. The Morgan fingerprint density at radius 1 is 1.35 bits per heavy atom. The Hall–Kier alpha value is -2.06. The summed E-state index contributed by atoms with van der Waals surface area (Å²) in [5, 5.41) is 2.95. The van der Waals surface area contributed by atoms with Crippen molar-refractivity contribution in [1.29, 1.82) is 0 Å². The van der Waals surface area contributed by atoms with Crippen molar-refractivity contribution in [2.45, 2.75) is 11.6 Å². The van der Waals surface area contributed by atoms with E-state index in [9.17, 15) is 8.42 Å². The summed E-state index contributed by atoms with van der Waals surface area (Å²) in [5.41, 5.74) is 0.699. The lowest BCUT2D eigenvalue weighted by Gasteiger charge is -2.08. The zero-order valence-corrected chi connectivity index (χ0v) is 11.9. The molecule has 0 saturated heterocycles. The van der Waals surface area contributed by atoms with Crippen LogP contribution in [0.15, 0.2) is 40.0 Å². The molecule has 0 radical (unpaired) electrons. The number of methoxy groups -OCH3 is 1. The topological polar surface area (TPSA) is 93.5 Å². The molecule has 0 bridgehead atoms. The van der Waals surface area contributed by atoms with Crippen LogP contribution in [0, 0.1) is 0 Å². The molecule has 0 aliphatic rings. The van der Waals surface area contributed by atoms with E-state index in [4.69, 9.17) is 9.15 Å². The zero-order valence-electron chi connectivity index (χ0n) is 11.1. The standard InChI is InChI=1S/C12H15N3O4S/c1-13-20(16,17)11-6-5-9(19-11)8-15-10-4-3-7-14-12(10)18-2/h3-7,13,15H,8H2,1-2H3. The SMILES string of the molecule is CNS(=O)(=O)c1ccc(CNc2cccnc2OC)o1. The maximum Gasteiger partial charge on any atom is 0.273 e. The second kappa shape index (κ2) is 5.93. The van der Waals surface area contributed by atoms with E-state index < -0.39 is 10.0 Å². The van der Waals surface area contributed by atoms with E-state index in [1.54, 1.807) is 24.4 Å². The van der Waals surface area contributed by atoms with E-state index in [0.717, 1.165) is 0 Å². The minimum absolute atomic E-state index is 0.116. The summed E-state index contributed by atoms with van der Waals surface area (Å²) in [6.45, 7) is 0.321. The van der Waals surface area contributed by atoms with Gasteiger partial charge in [0.25, 0.3) is 10.0 Å². The first-order valence-electron chi connectivity index (χ1n) is 5.82. The quantitative estimate of drug-likeness (QED) is 0.832. The monoisotopic (exact) mass is 297 g/mol. The van der Waals surface area contributed by atoms with E-state index >= 15 is 0 Å². The largest absolute Gasteiger partial charge is 0.480 e. The molecule has 0 aliphatic carbocycles. The number of sulfonamides is 1. The van der Waals surface area contributed by atoms with Gasteiger partial charge in [-0.15, -0.1) is 0 Å². The van der Waals surface area contributed by atoms with E-state index in [-0.39, 0.29) is 5.09 Å². The summed E-state index contributed by atoms with van der Waals surface area (Å²) in [4.78, 5) is 4.05. The summed E-state index contributed by atoms with van der Waals surface area (Å²) >= 11 is 0. The second-order valence-corrected chi connectivity index (χ2v) is 5.66. The van der Waals surface area contributed by atoms with Crippen molar-refractivity contribution in [3.63, 3.8) is 0 Å². The summed E-state index contributed by atoms with van der Waals surface area (Å²) in [6, 6.07) is 6.58. The number of pyridine rings is 1. The maximum absolute atomic E-state index is 11.5. The first-order valence-corrected chi connectivity index (χ1v) is 7.30. The highest BCUT2D eigenvalue weighted by molar-refractivity contribution is 7.89. The van der Waals surface area contributed by atoms with Crippen LogP contribution in [0.4, 0.5) is 5.69 Å². The van der Waals surface area contributed by atoms with Crippen LogP contribution in [0.3, 0.4) is 0 Å². The Bertz CT molecular complexity index is 682. The molecular formula is C12H15N3O4S. The van der Waals surface area contributed by atoms with Crippen molar-refractivity contribution < 1.29 is 17.6 Å². The number of hydrogen-bond acceptors (Lipinski definition) is 6. The Labute approximate surface area is 117 Å². The molecule has 108 valence electrons. The molecule has 0 aliphatic heterocycles. The third-order valence-corrected chi connectivity index (χ3v) is 3.87. The number of rotatable bonds is 6. The molecule has 7 nitrogen and oxygen atoms in total. The molecule has 2 rings (SSSR count). The lowest BCUT2D eigenvalue weighted by molar-refractivity contribution is 0.398. The van der Waals surface area contributed by atoms with Gasteiger partial charge in [-0.25, -0.2) is 18.1 Å². The number of anilines is 1. The summed E-state index contributed by atoms with van der Waals surface area (Å²) in [7, 11) is -0.699. The average molecular weight is 297 g/mol. The van der Waals surface area contributed by atoms with Gasteiger partial charge in [0.15, 0.2) is 0 Å². The van der Waals surface area contributed by atoms with Crippen LogP contribution >= 0.6 is 0 Å². The molecule has 20 heavy (non-hydrogen) atoms. The minimum Gasteiger partial charge on any atom is -0.480 e. The van der Waals surface area contributed by atoms with Gasteiger partial charge in [-0.2, -0.15) is 0 Å². The van der Waals surface area contributed by atoms with Crippen molar-refractivity contribution in [3.8, 4) is 5.88 Å². The zero-order chi connectivity index (χ0) is 14.6. The molecular weight excluding hydrogens is 282 g/mol. The molecule has 2 heterocycles. The highest BCUT2D eigenvalue weighted by atomic mass is 32.2. The van der Waals surface area contributed by atoms with Crippen molar-refractivity contribution in [2.75, 3.05) is 19.5 Å². The molecule has 2 N–H and O–H groups in total. The third-order valence-electron chi connectivity index (χ3n) is 2.59. The van der Waals surface area contributed by atoms with E-state index in [2.05, 4.69) is 15.0 Å². The number of nitrogens with zero attached hydrogens (tertiary/aromatic N) is 1. The van der Waals surface area contributed by atoms with Crippen molar-refractivity contribution in [3.05, 3.63) is 36.2 Å². The van der Waals surface area contributed by atoms with Gasteiger partial charge in [0.05, 0.1) is 19.3 Å². The first kappa shape index (κ1) is 14.4. The summed E-state index contributed by atoms with van der Waals surface area (Å²) < 4.78 is 35.6. The Morgan fingerprint density at radius 2 is 2.15 bits per heavy atom. The summed E-state index contributed by atoms with van der Waals surface area (Å²) in [5.74, 6) is 0.951. The van der Waals surface area contributed by atoms with Gasteiger partial charge >= 0.3 is 0 Å². The van der Waals surface area contributed by atoms with Crippen LogP contribution in [0.25, 0.3) is 0 Å². The van der Waals surface area contributed by atoms with E-state index in [1.807, 2.05) is 0 Å². The van der Waals surface area contributed by atoms with Gasteiger partial charge in [-0.1, -0.05) is 0 Å². The van der Waals surface area contributed by atoms with Gasteiger partial charge in [0.1, 0.15) is 5.76 Å². The predicted molar refractivity (Wildman–Crippen MR) is 73.1 cm³/mol. The Kier molecular flexibility index (Phi) is 4.26. The number of furan rings is 1. The van der Waals surface area contributed by atoms with Gasteiger partial charge < -0.3 is 14.5 Å². The van der Waals surface area contributed by atoms with Crippen LogP contribution in [0.5, 0.6) is 5.88 Å².